The highest BCUT2D eigenvalue weighted by molar-refractivity contribution is 5.76. The molecular weight excluding hydrogens is 324 g/mol. The third kappa shape index (κ3) is 3.95. The van der Waals surface area contributed by atoms with Crippen molar-refractivity contribution in [3.63, 3.8) is 0 Å². The summed E-state index contributed by atoms with van der Waals surface area (Å²) in [4.78, 5) is 22.8. The Labute approximate surface area is 159 Å². The third-order valence-corrected chi connectivity index (χ3v) is 7.73. The Hall–Kier alpha value is -0.650. The number of likely N-dealkylation sites (N-methyl/N-ethyl adjacent to an activating group) is 1. The van der Waals surface area contributed by atoms with Crippen molar-refractivity contribution in [2.75, 3.05) is 59.4 Å². The molecule has 148 valence electrons. The van der Waals surface area contributed by atoms with Crippen LogP contribution >= 0.6 is 0 Å². The molecule has 4 aliphatic rings. The summed E-state index contributed by atoms with van der Waals surface area (Å²) in [5.74, 6) is 1.22. The van der Waals surface area contributed by atoms with Gasteiger partial charge in [-0.05, 0) is 71.1 Å². The second-order valence-corrected chi connectivity index (χ2v) is 9.31. The average Bonchev–Trinajstić information content (AvgIpc) is 3.50. The molecule has 3 saturated heterocycles. The summed E-state index contributed by atoms with van der Waals surface area (Å²) in [5.41, 5.74) is 0.216. The highest BCUT2D eigenvalue weighted by Crippen LogP contribution is 2.36. The fourth-order valence-electron chi connectivity index (χ4n) is 5.44. The lowest BCUT2D eigenvalue weighted by molar-refractivity contribution is -0.131. The first-order valence-electron chi connectivity index (χ1n) is 11.0. The van der Waals surface area contributed by atoms with E-state index in [9.17, 15) is 4.79 Å². The van der Waals surface area contributed by atoms with Gasteiger partial charge in [-0.3, -0.25) is 14.6 Å². The van der Waals surface area contributed by atoms with Gasteiger partial charge in [-0.25, -0.2) is 0 Å². The summed E-state index contributed by atoms with van der Waals surface area (Å²) in [6, 6.07) is 0.755. The first kappa shape index (κ1) is 18.7. The van der Waals surface area contributed by atoms with E-state index in [4.69, 9.17) is 0 Å². The highest BCUT2D eigenvalue weighted by atomic mass is 16.2. The summed E-state index contributed by atoms with van der Waals surface area (Å²) in [7, 11) is 2.30. The van der Waals surface area contributed by atoms with E-state index in [-0.39, 0.29) is 5.54 Å². The van der Waals surface area contributed by atoms with Crippen molar-refractivity contribution >= 4 is 5.91 Å². The number of rotatable bonds is 4. The van der Waals surface area contributed by atoms with Crippen molar-refractivity contribution in [2.24, 2.45) is 5.92 Å². The largest absolute Gasteiger partial charge is 0.342 e. The Morgan fingerprint density at radius 2 is 1.77 bits per heavy atom. The molecule has 1 aliphatic carbocycles. The van der Waals surface area contributed by atoms with Gasteiger partial charge >= 0.3 is 0 Å². The number of piperidine rings is 1. The summed E-state index contributed by atoms with van der Waals surface area (Å²) in [5, 5.41) is 0. The van der Waals surface area contributed by atoms with Crippen LogP contribution in [0.15, 0.2) is 0 Å². The Bertz CT molecular complexity index is 500. The van der Waals surface area contributed by atoms with Crippen LogP contribution in [0.25, 0.3) is 0 Å². The van der Waals surface area contributed by atoms with E-state index < -0.39 is 0 Å². The van der Waals surface area contributed by atoms with Crippen LogP contribution in [-0.4, -0.2) is 96.5 Å². The van der Waals surface area contributed by atoms with Gasteiger partial charge in [-0.15, -0.1) is 0 Å². The van der Waals surface area contributed by atoms with Crippen molar-refractivity contribution in [1.29, 1.82) is 0 Å². The van der Waals surface area contributed by atoms with E-state index in [0.29, 0.717) is 5.91 Å². The van der Waals surface area contributed by atoms with Gasteiger partial charge in [0.1, 0.15) is 0 Å². The number of hydrogen-bond acceptors (Lipinski definition) is 4. The SMILES string of the molecule is CCN1CCC(N2CCN(C)C3(CCC(=O)N(CC4CC4)CC3)C2)CC1. The van der Waals surface area contributed by atoms with Gasteiger partial charge in [-0.2, -0.15) is 0 Å². The first-order chi connectivity index (χ1) is 12.6. The Kier molecular flexibility index (Phi) is 5.58. The maximum Gasteiger partial charge on any atom is 0.222 e. The quantitative estimate of drug-likeness (QED) is 0.764. The van der Waals surface area contributed by atoms with E-state index in [2.05, 4.69) is 33.6 Å². The van der Waals surface area contributed by atoms with Gasteiger partial charge < -0.3 is 9.80 Å². The standard InChI is InChI=1S/C21H38N4O/c1-3-23-11-7-19(8-12-23)25-15-14-22(2)21(17-25)9-6-20(26)24(13-10-21)16-18-4-5-18/h18-19H,3-17H2,1-2H3. The van der Waals surface area contributed by atoms with Gasteiger partial charge in [-0.1, -0.05) is 6.92 Å². The molecule has 5 nitrogen and oxygen atoms in total. The van der Waals surface area contributed by atoms with Crippen LogP contribution in [-0.2, 0) is 4.79 Å². The molecule has 4 fully saturated rings. The van der Waals surface area contributed by atoms with E-state index in [0.717, 1.165) is 50.9 Å². The summed E-state index contributed by atoms with van der Waals surface area (Å²) in [6.07, 6.45) is 8.26. The van der Waals surface area contributed by atoms with Crippen molar-refractivity contribution in [3.8, 4) is 0 Å². The van der Waals surface area contributed by atoms with Crippen LogP contribution in [0.4, 0.5) is 0 Å². The maximum absolute atomic E-state index is 12.7. The number of piperazine rings is 1. The summed E-state index contributed by atoms with van der Waals surface area (Å²) < 4.78 is 0. The van der Waals surface area contributed by atoms with E-state index in [1.54, 1.807) is 0 Å². The molecule has 1 spiro atoms. The molecule has 1 amide bonds. The minimum atomic E-state index is 0.216. The Balaban J connectivity index is 1.40. The first-order valence-corrected chi connectivity index (χ1v) is 11.0. The topological polar surface area (TPSA) is 30.0 Å². The predicted molar refractivity (Wildman–Crippen MR) is 105 cm³/mol. The van der Waals surface area contributed by atoms with E-state index in [1.807, 2.05) is 0 Å². The predicted octanol–water partition coefficient (Wildman–Crippen LogP) is 1.88. The Morgan fingerprint density at radius 1 is 1.00 bits per heavy atom. The van der Waals surface area contributed by atoms with Gasteiger partial charge in [0.2, 0.25) is 5.91 Å². The van der Waals surface area contributed by atoms with Crippen molar-refractivity contribution in [1.82, 2.24) is 19.6 Å². The normalized spacial score (nSPS) is 33.8. The maximum atomic E-state index is 12.7. The average molecular weight is 363 g/mol. The van der Waals surface area contributed by atoms with Crippen LogP contribution in [0.3, 0.4) is 0 Å². The molecule has 0 aromatic heterocycles. The minimum Gasteiger partial charge on any atom is -0.342 e. The molecular formula is C21H38N4O. The number of carbonyl (C=O) groups is 1. The van der Waals surface area contributed by atoms with Crippen molar-refractivity contribution in [3.05, 3.63) is 0 Å². The number of carbonyl (C=O) groups excluding carboxylic acids is 1. The molecule has 0 radical (unpaired) electrons. The number of likely N-dealkylation sites (tertiary alicyclic amines) is 2. The molecule has 1 unspecified atom stereocenters. The molecule has 0 aromatic rings. The highest BCUT2D eigenvalue weighted by Gasteiger charge is 2.44. The number of nitrogens with zero attached hydrogens (tertiary/aromatic N) is 4. The number of hydrogen-bond donors (Lipinski definition) is 0. The van der Waals surface area contributed by atoms with Crippen LogP contribution in [0.5, 0.6) is 0 Å². The van der Waals surface area contributed by atoms with Gasteiger partial charge in [0, 0.05) is 50.7 Å². The van der Waals surface area contributed by atoms with Crippen LogP contribution in [0, 0.1) is 5.92 Å². The van der Waals surface area contributed by atoms with E-state index >= 15 is 0 Å². The lowest BCUT2D eigenvalue weighted by Gasteiger charge is -2.52. The monoisotopic (exact) mass is 362 g/mol. The summed E-state index contributed by atoms with van der Waals surface area (Å²) >= 11 is 0. The van der Waals surface area contributed by atoms with Crippen molar-refractivity contribution in [2.45, 2.75) is 63.5 Å². The van der Waals surface area contributed by atoms with E-state index in [1.165, 1.54) is 58.4 Å². The van der Waals surface area contributed by atoms with Crippen LogP contribution in [0.2, 0.25) is 0 Å². The van der Waals surface area contributed by atoms with Crippen molar-refractivity contribution < 1.29 is 4.79 Å². The molecule has 0 bridgehead atoms. The second-order valence-electron chi connectivity index (χ2n) is 9.31. The molecule has 3 heterocycles. The number of amides is 1. The fraction of sp³-hybridized carbons (Fsp3) is 0.952. The minimum absolute atomic E-state index is 0.216. The second kappa shape index (κ2) is 7.76. The Morgan fingerprint density at radius 3 is 2.46 bits per heavy atom. The molecule has 4 rings (SSSR count). The summed E-state index contributed by atoms with van der Waals surface area (Å²) in [6.45, 7) is 11.5. The van der Waals surface area contributed by atoms with Gasteiger partial charge in [0.25, 0.3) is 0 Å². The zero-order valence-electron chi connectivity index (χ0n) is 17.0. The molecule has 5 heteroatoms. The molecule has 26 heavy (non-hydrogen) atoms. The molecule has 1 saturated carbocycles. The fourth-order valence-corrected chi connectivity index (χ4v) is 5.44. The molecule has 0 aromatic carbocycles. The van der Waals surface area contributed by atoms with Crippen LogP contribution in [0.1, 0.15) is 51.9 Å². The lowest BCUT2D eigenvalue weighted by atomic mass is 9.85. The third-order valence-electron chi connectivity index (χ3n) is 7.73. The molecule has 0 N–H and O–H groups in total. The van der Waals surface area contributed by atoms with Crippen LogP contribution < -0.4 is 0 Å². The molecule has 1 atom stereocenters. The zero-order valence-corrected chi connectivity index (χ0v) is 17.0. The molecule has 3 aliphatic heterocycles. The lowest BCUT2D eigenvalue weighted by Crippen LogP contribution is -2.63. The zero-order chi connectivity index (χ0) is 18.1. The smallest absolute Gasteiger partial charge is 0.222 e. The van der Waals surface area contributed by atoms with Gasteiger partial charge in [0.15, 0.2) is 0 Å². The van der Waals surface area contributed by atoms with Gasteiger partial charge in [0.05, 0.1) is 0 Å².